The lowest BCUT2D eigenvalue weighted by atomic mass is 10.1. The minimum Gasteiger partial charge on any atom is -0.317 e. The lowest BCUT2D eigenvalue weighted by Gasteiger charge is -2.34. The Kier molecular flexibility index (Phi) is 5.15. The van der Waals surface area contributed by atoms with Gasteiger partial charge in [0.15, 0.2) is 0 Å². The highest BCUT2D eigenvalue weighted by atomic mass is 19.4. The molecule has 138 valence electrons. The fraction of sp³-hybridized carbons (Fsp3) is 0.500. The molecule has 3 amide bonds. The molecule has 0 bridgehead atoms. The van der Waals surface area contributed by atoms with Gasteiger partial charge in [-0.25, -0.2) is 9.59 Å². The molecule has 1 saturated heterocycles. The zero-order valence-electron chi connectivity index (χ0n) is 14.2. The summed E-state index contributed by atoms with van der Waals surface area (Å²) in [5.74, 6) is 0. The predicted molar refractivity (Wildman–Crippen MR) is 84.9 cm³/mol. The summed E-state index contributed by atoms with van der Waals surface area (Å²) < 4.78 is 38.5. The second kappa shape index (κ2) is 6.81. The zero-order chi connectivity index (χ0) is 18.8. The molecule has 0 atom stereocenters. The van der Waals surface area contributed by atoms with Crippen LogP contribution in [0.3, 0.4) is 0 Å². The molecule has 1 aromatic rings. The lowest BCUT2D eigenvalue weighted by Crippen LogP contribution is -2.52. The standard InChI is InChI=1S/C16H20F3N3O3/c1-15(2,3)20-13(23)25-22-9-5-8-21(14(22)24)12-7-4-6-11(10-12)16(17,18)19/h4,6-7,10H,5,8-9H2,1-3H3,(H,20,23). The van der Waals surface area contributed by atoms with Gasteiger partial charge in [-0.15, -0.1) is 0 Å². The van der Waals surface area contributed by atoms with Crippen LogP contribution in [0.5, 0.6) is 0 Å². The molecule has 2 rings (SSSR count). The van der Waals surface area contributed by atoms with E-state index in [1.165, 1.54) is 12.1 Å². The van der Waals surface area contributed by atoms with E-state index in [1.54, 1.807) is 20.8 Å². The van der Waals surface area contributed by atoms with Gasteiger partial charge < -0.3 is 10.2 Å². The van der Waals surface area contributed by atoms with Gasteiger partial charge in [0.1, 0.15) is 0 Å². The average Bonchev–Trinajstić information content (AvgIpc) is 2.47. The normalized spacial score (nSPS) is 16.0. The molecule has 1 aliphatic rings. The van der Waals surface area contributed by atoms with E-state index >= 15 is 0 Å². The molecule has 1 aliphatic heterocycles. The van der Waals surface area contributed by atoms with Crippen molar-refractivity contribution in [2.45, 2.75) is 38.9 Å². The van der Waals surface area contributed by atoms with Crippen LogP contribution in [0.2, 0.25) is 0 Å². The Morgan fingerprint density at radius 1 is 1.20 bits per heavy atom. The largest absolute Gasteiger partial charge is 0.432 e. The number of hydrogen-bond donors (Lipinski definition) is 1. The number of anilines is 1. The highest BCUT2D eigenvalue weighted by Crippen LogP contribution is 2.32. The fourth-order valence-corrected chi connectivity index (χ4v) is 2.30. The minimum atomic E-state index is -4.50. The quantitative estimate of drug-likeness (QED) is 0.874. The minimum absolute atomic E-state index is 0.101. The van der Waals surface area contributed by atoms with E-state index in [0.717, 1.165) is 22.1 Å². The van der Waals surface area contributed by atoms with Crippen LogP contribution >= 0.6 is 0 Å². The summed E-state index contributed by atoms with van der Waals surface area (Å²) in [5.41, 5.74) is -1.29. The summed E-state index contributed by atoms with van der Waals surface area (Å²) >= 11 is 0. The first-order valence-electron chi connectivity index (χ1n) is 7.74. The summed E-state index contributed by atoms with van der Waals surface area (Å²) in [4.78, 5) is 30.4. The SMILES string of the molecule is CC(C)(C)NC(=O)ON1CCCN(c2cccc(C(F)(F)F)c2)C1=O. The first kappa shape index (κ1) is 18.9. The number of carbonyl (C=O) groups is 2. The molecule has 0 aromatic heterocycles. The first-order valence-corrected chi connectivity index (χ1v) is 7.74. The predicted octanol–water partition coefficient (Wildman–Crippen LogP) is 3.78. The summed E-state index contributed by atoms with van der Waals surface area (Å²) in [6.07, 6.45) is -4.85. The second-order valence-corrected chi connectivity index (χ2v) is 6.69. The molecular formula is C16H20F3N3O3. The van der Waals surface area contributed by atoms with Crippen molar-refractivity contribution in [3.63, 3.8) is 0 Å². The van der Waals surface area contributed by atoms with Crippen LogP contribution in [0.4, 0.5) is 28.4 Å². The maximum absolute atomic E-state index is 12.8. The fourth-order valence-electron chi connectivity index (χ4n) is 2.30. The maximum Gasteiger partial charge on any atom is 0.432 e. The van der Waals surface area contributed by atoms with Gasteiger partial charge >= 0.3 is 18.3 Å². The number of amides is 3. The third-order valence-corrected chi connectivity index (χ3v) is 3.34. The van der Waals surface area contributed by atoms with Gasteiger partial charge in [-0.1, -0.05) is 6.07 Å². The second-order valence-electron chi connectivity index (χ2n) is 6.69. The van der Waals surface area contributed by atoms with Crippen LogP contribution in [0.25, 0.3) is 0 Å². The van der Waals surface area contributed by atoms with Crippen molar-refractivity contribution in [2.75, 3.05) is 18.0 Å². The Labute approximate surface area is 143 Å². The summed E-state index contributed by atoms with van der Waals surface area (Å²) in [6, 6.07) is 3.79. The molecule has 1 N–H and O–H groups in total. The maximum atomic E-state index is 12.8. The summed E-state index contributed by atoms with van der Waals surface area (Å²) in [6.45, 7) is 5.66. The number of urea groups is 1. The van der Waals surface area contributed by atoms with E-state index in [0.29, 0.717) is 6.42 Å². The smallest absolute Gasteiger partial charge is 0.317 e. The van der Waals surface area contributed by atoms with Crippen molar-refractivity contribution < 1.29 is 27.6 Å². The van der Waals surface area contributed by atoms with E-state index in [1.807, 2.05) is 0 Å². The molecule has 0 spiro atoms. The Hall–Kier alpha value is -2.45. The summed E-state index contributed by atoms with van der Waals surface area (Å²) in [5, 5.41) is 3.40. The number of rotatable bonds is 2. The number of hydrogen-bond acceptors (Lipinski definition) is 3. The monoisotopic (exact) mass is 359 g/mol. The van der Waals surface area contributed by atoms with E-state index < -0.39 is 29.4 Å². The average molecular weight is 359 g/mol. The van der Waals surface area contributed by atoms with Crippen LogP contribution in [0, 0.1) is 0 Å². The highest BCUT2D eigenvalue weighted by Gasteiger charge is 2.34. The van der Waals surface area contributed by atoms with Crippen molar-refractivity contribution in [2.24, 2.45) is 0 Å². The molecule has 0 radical (unpaired) electrons. The van der Waals surface area contributed by atoms with Crippen molar-refractivity contribution in [3.05, 3.63) is 29.8 Å². The van der Waals surface area contributed by atoms with Crippen LogP contribution in [0.15, 0.2) is 24.3 Å². The Bertz CT molecular complexity index is 656. The number of alkyl halides is 3. The van der Waals surface area contributed by atoms with Crippen molar-refractivity contribution >= 4 is 17.8 Å². The van der Waals surface area contributed by atoms with E-state index in [9.17, 15) is 22.8 Å². The van der Waals surface area contributed by atoms with Gasteiger partial charge in [0.05, 0.1) is 12.1 Å². The number of halogens is 3. The highest BCUT2D eigenvalue weighted by molar-refractivity contribution is 5.92. The molecule has 1 fully saturated rings. The third-order valence-electron chi connectivity index (χ3n) is 3.34. The number of hydroxylamine groups is 2. The zero-order valence-corrected chi connectivity index (χ0v) is 14.2. The van der Waals surface area contributed by atoms with Crippen molar-refractivity contribution in [1.29, 1.82) is 0 Å². The van der Waals surface area contributed by atoms with Crippen molar-refractivity contribution in [1.82, 2.24) is 10.4 Å². The number of benzene rings is 1. The van der Waals surface area contributed by atoms with Crippen LogP contribution in [-0.4, -0.2) is 35.8 Å². The number of nitrogens with one attached hydrogen (secondary N) is 1. The van der Waals surface area contributed by atoms with E-state index in [-0.39, 0.29) is 18.8 Å². The molecule has 1 aromatic carbocycles. The van der Waals surface area contributed by atoms with Crippen LogP contribution in [0.1, 0.15) is 32.8 Å². The van der Waals surface area contributed by atoms with Gasteiger partial charge in [-0.3, -0.25) is 4.90 Å². The van der Waals surface area contributed by atoms with E-state index in [4.69, 9.17) is 4.84 Å². The Morgan fingerprint density at radius 2 is 1.88 bits per heavy atom. The van der Waals surface area contributed by atoms with Gasteiger partial charge in [0.25, 0.3) is 0 Å². The molecule has 6 nitrogen and oxygen atoms in total. The molecule has 25 heavy (non-hydrogen) atoms. The molecular weight excluding hydrogens is 339 g/mol. The lowest BCUT2D eigenvalue weighted by molar-refractivity contribution is -0.137. The number of carbonyl (C=O) groups excluding carboxylic acids is 2. The Morgan fingerprint density at radius 3 is 2.48 bits per heavy atom. The van der Waals surface area contributed by atoms with Gasteiger partial charge in [0, 0.05) is 17.8 Å². The molecule has 0 saturated carbocycles. The molecule has 9 heteroatoms. The van der Waals surface area contributed by atoms with Gasteiger partial charge in [0.2, 0.25) is 0 Å². The molecule has 0 unspecified atom stereocenters. The number of nitrogens with zero attached hydrogens (tertiary/aromatic N) is 2. The summed E-state index contributed by atoms with van der Waals surface area (Å²) in [7, 11) is 0. The van der Waals surface area contributed by atoms with Gasteiger partial charge in [-0.05, 0) is 45.4 Å². The van der Waals surface area contributed by atoms with Crippen LogP contribution < -0.4 is 10.2 Å². The van der Waals surface area contributed by atoms with Gasteiger partial charge in [-0.2, -0.15) is 18.2 Å². The third kappa shape index (κ3) is 5.01. The molecule has 0 aliphatic carbocycles. The van der Waals surface area contributed by atoms with Crippen molar-refractivity contribution in [3.8, 4) is 0 Å². The van der Waals surface area contributed by atoms with Crippen LogP contribution in [-0.2, 0) is 11.0 Å². The van der Waals surface area contributed by atoms with E-state index in [2.05, 4.69) is 5.32 Å². The Balaban J connectivity index is 2.13. The molecule has 1 heterocycles. The topological polar surface area (TPSA) is 61.9 Å². The first-order chi connectivity index (χ1) is 11.5.